The molecule has 1 N–H and O–H groups in total. The van der Waals surface area contributed by atoms with Gasteiger partial charge in [-0.2, -0.15) is 14.7 Å². The lowest BCUT2D eigenvalue weighted by molar-refractivity contribution is 0.684. The average molecular weight is 414 g/mol. The molecule has 0 unspecified atom stereocenters. The Morgan fingerprint density at radius 1 is 1.17 bits per heavy atom. The van der Waals surface area contributed by atoms with Crippen molar-refractivity contribution in [3.8, 4) is 21.8 Å². The maximum absolute atomic E-state index is 12.7. The summed E-state index contributed by atoms with van der Waals surface area (Å²) in [7, 11) is 0. The zero-order chi connectivity index (χ0) is 20.8. The number of fused-ring (bicyclic) bond motifs is 2. The largest absolute Gasteiger partial charge is 0.339 e. The minimum atomic E-state index is -0.209. The quantitative estimate of drug-likeness (QED) is 0.460. The molecule has 30 heavy (non-hydrogen) atoms. The van der Waals surface area contributed by atoms with Crippen molar-refractivity contribution < 1.29 is 0 Å². The van der Waals surface area contributed by atoms with Gasteiger partial charge in [0, 0.05) is 18.0 Å². The molecule has 0 spiro atoms. The van der Waals surface area contributed by atoms with Crippen LogP contribution in [0, 0.1) is 0 Å². The van der Waals surface area contributed by atoms with E-state index in [4.69, 9.17) is 0 Å². The summed E-state index contributed by atoms with van der Waals surface area (Å²) in [5, 5.41) is 10.4. The molecule has 8 heteroatoms. The highest BCUT2D eigenvalue weighted by Gasteiger charge is 2.16. The van der Waals surface area contributed by atoms with E-state index in [-0.39, 0.29) is 5.56 Å². The van der Waals surface area contributed by atoms with Crippen LogP contribution in [0.25, 0.3) is 50.5 Å². The van der Waals surface area contributed by atoms with Crippen molar-refractivity contribution in [2.24, 2.45) is 0 Å². The molecule has 4 heterocycles. The van der Waals surface area contributed by atoms with E-state index in [1.807, 2.05) is 29.1 Å². The van der Waals surface area contributed by atoms with Crippen molar-refractivity contribution in [2.75, 3.05) is 0 Å². The van der Waals surface area contributed by atoms with Crippen LogP contribution in [0.3, 0.4) is 0 Å². The Labute approximate surface area is 175 Å². The number of rotatable bonds is 5. The Morgan fingerprint density at radius 2 is 2.03 bits per heavy atom. The van der Waals surface area contributed by atoms with Crippen molar-refractivity contribution in [2.45, 2.75) is 13.5 Å². The van der Waals surface area contributed by atoms with Gasteiger partial charge >= 0.3 is 0 Å². The average Bonchev–Trinajstić information content (AvgIpc) is 3.48. The lowest BCUT2D eigenvalue weighted by Crippen LogP contribution is -2.14. The molecule has 0 amide bonds. The second-order valence-corrected chi connectivity index (χ2v) is 7.78. The molecule has 4 aromatic heterocycles. The second kappa shape index (κ2) is 6.93. The number of nitrogens with zero attached hydrogens (tertiary/aromatic N) is 5. The number of benzene rings is 1. The normalized spacial score (nSPS) is 11.4. The molecule has 0 atom stereocenters. The van der Waals surface area contributed by atoms with E-state index < -0.39 is 0 Å². The molecule has 7 nitrogen and oxygen atoms in total. The van der Waals surface area contributed by atoms with E-state index in [1.165, 1.54) is 15.9 Å². The van der Waals surface area contributed by atoms with Crippen molar-refractivity contribution in [3.05, 3.63) is 70.7 Å². The van der Waals surface area contributed by atoms with Gasteiger partial charge in [0.2, 0.25) is 0 Å². The highest BCUT2D eigenvalue weighted by atomic mass is 32.1. The van der Waals surface area contributed by atoms with Gasteiger partial charge in [-0.3, -0.25) is 9.48 Å². The van der Waals surface area contributed by atoms with E-state index >= 15 is 0 Å². The van der Waals surface area contributed by atoms with Gasteiger partial charge in [-0.05, 0) is 36.8 Å². The Balaban J connectivity index is 1.69. The molecule has 0 radical (unpaired) electrons. The predicted molar refractivity (Wildman–Crippen MR) is 122 cm³/mol. The van der Waals surface area contributed by atoms with Crippen molar-refractivity contribution in [3.63, 3.8) is 0 Å². The smallest absolute Gasteiger partial charge is 0.274 e. The summed E-state index contributed by atoms with van der Waals surface area (Å²) in [5.41, 5.74) is 4.59. The monoisotopic (exact) mass is 414 g/mol. The van der Waals surface area contributed by atoms with Crippen LogP contribution in [0.1, 0.15) is 17.5 Å². The Morgan fingerprint density at radius 3 is 2.77 bits per heavy atom. The van der Waals surface area contributed by atoms with Crippen LogP contribution in [0.5, 0.6) is 0 Å². The topological polar surface area (TPSA) is 80.9 Å². The van der Waals surface area contributed by atoms with Crippen molar-refractivity contribution in [1.29, 1.82) is 0 Å². The van der Waals surface area contributed by atoms with Crippen LogP contribution < -0.4 is 5.56 Å². The van der Waals surface area contributed by atoms with Gasteiger partial charge < -0.3 is 4.98 Å². The third-order valence-corrected chi connectivity index (χ3v) is 6.14. The fraction of sp³-hybridized carbons (Fsp3) is 0.0909. The number of hydrogen-bond acceptors (Lipinski definition) is 5. The molecule has 0 aliphatic heterocycles. The van der Waals surface area contributed by atoms with Crippen LogP contribution in [0.4, 0.5) is 0 Å². The standard InChI is InChI=1S/C22H18N6OS/c1-4-16-19(5-2)30-22(26-16)15-12-24-28-20(29)10-17(25-21(15)28)13-7-8-18-14(9-13)11-23-27(18)6-3/h4-5,7-12,25H,1-2,6H2,3H3. The molecule has 5 rings (SSSR count). The lowest BCUT2D eigenvalue weighted by Gasteiger charge is -2.05. The van der Waals surface area contributed by atoms with Crippen LogP contribution in [-0.4, -0.2) is 29.4 Å². The first-order chi connectivity index (χ1) is 14.6. The van der Waals surface area contributed by atoms with Crippen LogP contribution in [0.2, 0.25) is 0 Å². The third-order valence-electron chi connectivity index (χ3n) is 5.04. The molecule has 0 saturated heterocycles. The zero-order valence-electron chi connectivity index (χ0n) is 16.3. The molecule has 0 saturated carbocycles. The van der Waals surface area contributed by atoms with Crippen molar-refractivity contribution in [1.82, 2.24) is 29.4 Å². The summed E-state index contributed by atoms with van der Waals surface area (Å²) in [5.74, 6) is 0. The van der Waals surface area contributed by atoms with Gasteiger partial charge in [0.15, 0.2) is 0 Å². The van der Waals surface area contributed by atoms with Gasteiger partial charge in [-0.1, -0.05) is 19.2 Å². The summed E-state index contributed by atoms with van der Waals surface area (Å²) in [4.78, 5) is 21.6. The predicted octanol–water partition coefficient (Wildman–Crippen LogP) is 4.47. The van der Waals surface area contributed by atoms with E-state index in [2.05, 4.69) is 40.2 Å². The minimum absolute atomic E-state index is 0.209. The van der Waals surface area contributed by atoms with Gasteiger partial charge in [0.1, 0.15) is 10.7 Å². The fourth-order valence-electron chi connectivity index (χ4n) is 3.55. The molecular weight excluding hydrogens is 396 g/mol. The minimum Gasteiger partial charge on any atom is -0.339 e. The van der Waals surface area contributed by atoms with Crippen LogP contribution in [0.15, 0.2) is 54.6 Å². The third kappa shape index (κ3) is 2.73. The molecule has 0 bridgehead atoms. The summed E-state index contributed by atoms with van der Waals surface area (Å²) >= 11 is 1.48. The molecule has 1 aromatic carbocycles. The number of thiazole rings is 1. The lowest BCUT2D eigenvalue weighted by atomic mass is 10.1. The Hall–Kier alpha value is -3.78. The molecule has 0 aliphatic rings. The Kier molecular flexibility index (Phi) is 4.22. The summed E-state index contributed by atoms with van der Waals surface area (Å²) < 4.78 is 3.30. The van der Waals surface area contributed by atoms with E-state index in [9.17, 15) is 4.79 Å². The van der Waals surface area contributed by atoms with Gasteiger partial charge in [-0.15, -0.1) is 11.3 Å². The van der Waals surface area contributed by atoms with Crippen LogP contribution >= 0.6 is 11.3 Å². The number of aromatic nitrogens is 6. The SMILES string of the molecule is C=Cc1nc(-c2cnn3c(=O)cc(-c4ccc5c(cnn5CC)c4)[nH]c23)sc1C=C. The first-order valence-electron chi connectivity index (χ1n) is 9.46. The first kappa shape index (κ1) is 18.3. The molecular formula is C22H18N6OS. The number of H-pyrrole nitrogens is 1. The van der Waals surface area contributed by atoms with Gasteiger partial charge in [0.05, 0.1) is 39.7 Å². The molecule has 148 valence electrons. The van der Waals surface area contributed by atoms with Gasteiger partial charge in [0.25, 0.3) is 5.56 Å². The zero-order valence-corrected chi connectivity index (χ0v) is 17.1. The van der Waals surface area contributed by atoms with Gasteiger partial charge in [-0.25, -0.2) is 4.98 Å². The number of aromatic amines is 1. The molecule has 0 fully saturated rings. The summed E-state index contributed by atoms with van der Waals surface area (Å²) in [6, 6.07) is 7.60. The molecule has 0 aliphatic carbocycles. The van der Waals surface area contributed by atoms with E-state index in [0.717, 1.165) is 44.2 Å². The highest BCUT2D eigenvalue weighted by Crippen LogP contribution is 2.32. The maximum atomic E-state index is 12.7. The Bertz CT molecular complexity index is 1470. The number of nitrogens with one attached hydrogen (secondary N) is 1. The highest BCUT2D eigenvalue weighted by molar-refractivity contribution is 7.16. The summed E-state index contributed by atoms with van der Waals surface area (Å²) in [6.07, 6.45) is 6.95. The summed E-state index contributed by atoms with van der Waals surface area (Å²) in [6.45, 7) is 10.5. The van der Waals surface area contributed by atoms with E-state index in [1.54, 1.807) is 24.4 Å². The van der Waals surface area contributed by atoms with Crippen LogP contribution in [-0.2, 0) is 6.54 Å². The first-order valence-corrected chi connectivity index (χ1v) is 10.3. The van der Waals surface area contributed by atoms with Crippen molar-refractivity contribution >= 4 is 40.0 Å². The number of hydrogen-bond donors (Lipinski definition) is 1. The van der Waals surface area contributed by atoms with E-state index in [0.29, 0.717) is 11.3 Å². The molecule has 5 aromatic rings. The maximum Gasteiger partial charge on any atom is 0.274 e. The second-order valence-electron chi connectivity index (χ2n) is 6.75. The fourth-order valence-corrected chi connectivity index (χ4v) is 4.48. The number of aryl methyl sites for hydroxylation is 1.